The van der Waals surface area contributed by atoms with Crippen LogP contribution >= 0.6 is 11.6 Å². The monoisotopic (exact) mass is 573 g/mol. The van der Waals surface area contributed by atoms with Crippen molar-refractivity contribution in [3.05, 3.63) is 46.6 Å². The third-order valence-electron chi connectivity index (χ3n) is 7.25. The smallest absolute Gasteiger partial charge is 0.277 e. The Hall–Kier alpha value is -3.32. The number of amides is 2. The van der Waals surface area contributed by atoms with Gasteiger partial charge in [0.15, 0.2) is 22.5 Å². The highest BCUT2D eigenvalue weighted by molar-refractivity contribution is 6.29. The second-order valence-corrected chi connectivity index (χ2v) is 10.00. The number of carbonyl (C=O) groups excluding carboxylic acids is 2. The summed E-state index contributed by atoms with van der Waals surface area (Å²) in [5.74, 6) is 0.312. The molecule has 4 rings (SSSR count). The number of nitrogens with two attached hydrogens (primary N) is 1. The summed E-state index contributed by atoms with van der Waals surface area (Å²) in [7, 11) is 0. The van der Waals surface area contributed by atoms with Gasteiger partial charge in [-0.05, 0) is 32.4 Å². The number of rotatable bonds is 11. The van der Waals surface area contributed by atoms with Crippen LogP contribution in [0.5, 0.6) is 0 Å². The number of fused-ring (bicyclic) bond motifs is 1. The number of unbranched alkanes of at least 4 members (excludes halogenated alkanes) is 1. The first-order valence-electron chi connectivity index (χ1n) is 13.7. The second-order valence-electron chi connectivity index (χ2n) is 9.61. The lowest BCUT2D eigenvalue weighted by Crippen LogP contribution is -2.56. The fourth-order valence-corrected chi connectivity index (χ4v) is 5.36. The van der Waals surface area contributed by atoms with Gasteiger partial charge >= 0.3 is 0 Å². The maximum atomic E-state index is 13.6. The number of aliphatic hydroxyl groups excluding tert-OH is 1. The highest BCUT2D eigenvalue weighted by atomic mass is 35.5. The molecule has 40 heavy (non-hydrogen) atoms. The zero-order valence-electron chi connectivity index (χ0n) is 23.3. The van der Waals surface area contributed by atoms with Gasteiger partial charge in [-0.25, -0.2) is 19.1 Å². The quantitative estimate of drug-likeness (QED) is 0.233. The van der Waals surface area contributed by atoms with Gasteiger partial charge in [0.1, 0.15) is 24.7 Å². The maximum absolute atomic E-state index is 13.6. The molecule has 3 heterocycles. The molecule has 1 aliphatic heterocycles. The van der Waals surface area contributed by atoms with Crippen LogP contribution in [0.3, 0.4) is 0 Å². The molecule has 1 aliphatic rings. The van der Waals surface area contributed by atoms with E-state index in [0.29, 0.717) is 38.3 Å². The second kappa shape index (κ2) is 13.4. The Morgan fingerprint density at radius 2 is 2.08 bits per heavy atom. The average molecular weight is 574 g/mol. The summed E-state index contributed by atoms with van der Waals surface area (Å²) in [6, 6.07) is 5.69. The van der Waals surface area contributed by atoms with Crippen molar-refractivity contribution in [3.8, 4) is 0 Å². The first-order chi connectivity index (χ1) is 19.3. The summed E-state index contributed by atoms with van der Waals surface area (Å²) in [6.45, 7) is 9.83. The van der Waals surface area contributed by atoms with Crippen molar-refractivity contribution in [1.82, 2.24) is 29.7 Å². The summed E-state index contributed by atoms with van der Waals surface area (Å²) in [5, 5.41) is 12.4. The minimum absolute atomic E-state index is 0.00211. The number of benzene rings is 1. The molecule has 1 saturated heterocycles. The van der Waals surface area contributed by atoms with E-state index in [1.807, 2.05) is 32.0 Å². The van der Waals surface area contributed by atoms with E-state index in [9.17, 15) is 14.7 Å². The van der Waals surface area contributed by atoms with Gasteiger partial charge in [0.2, 0.25) is 0 Å². The van der Waals surface area contributed by atoms with Crippen LogP contribution in [0.2, 0.25) is 5.15 Å². The number of piperazine rings is 1. The number of aryl methyl sites for hydroxylation is 2. The molecule has 4 N–H and O–H groups in total. The van der Waals surface area contributed by atoms with Crippen LogP contribution in [-0.4, -0.2) is 80.5 Å². The number of aromatic nitrogens is 4. The molecular formula is C27H38ClN8O4+. The molecular weight excluding hydrogens is 536 g/mol. The van der Waals surface area contributed by atoms with Crippen LogP contribution in [0.25, 0.3) is 11.0 Å². The van der Waals surface area contributed by atoms with E-state index >= 15 is 0 Å². The molecule has 12 nitrogen and oxygen atoms in total. The first kappa shape index (κ1) is 29.7. The van der Waals surface area contributed by atoms with Gasteiger partial charge in [-0.15, -0.1) is 0 Å². The number of hydrogen-bond acceptors (Lipinski definition) is 8. The SMILES string of the molecule is CCCCN1CCN(C(=O)c2ccc3c(c2)n(CC)c(CNC(=O)c2nc(Cl)cnc2N)[n+]3CC)CC1OCO. The number of carbonyl (C=O) groups is 2. The van der Waals surface area contributed by atoms with Crippen LogP contribution in [-0.2, 0) is 24.4 Å². The average Bonchev–Trinajstić information content (AvgIpc) is 3.27. The molecule has 0 radical (unpaired) electrons. The molecule has 1 fully saturated rings. The van der Waals surface area contributed by atoms with Crippen LogP contribution in [0.4, 0.5) is 5.82 Å². The fraction of sp³-hybridized carbons (Fsp3) is 0.519. The molecule has 0 saturated carbocycles. The largest absolute Gasteiger partial charge is 0.382 e. The van der Waals surface area contributed by atoms with Crippen molar-refractivity contribution in [2.24, 2.45) is 0 Å². The minimum atomic E-state index is -0.475. The Balaban J connectivity index is 1.58. The zero-order valence-corrected chi connectivity index (χ0v) is 24.0. The molecule has 216 valence electrons. The van der Waals surface area contributed by atoms with E-state index in [-0.39, 0.29) is 35.3 Å². The number of aliphatic hydroxyl groups is 1. The van der Waals surface area contributed by atoms with Crippen molar-refractivity contribution in [2.45, 2.75) is 59.5 Å². The summed E-state index contributed by atoms with van der Waals surface area (Å²) >= 11 is 5.91. The van der Waals surface area contributed by atoms with Gasteiger partial charge in [0, 0.05) is 31.3 Å². The Morgan fingerprint density at radius 1 is 1.27 bits per heavy atom. The molecule has 0 bridgehead atoms. The van der Waals surface area contributed by atoms with E-state index in [4.69, 9.17) is 22.1 Å². The van der Waals surface area contributed by atoms with Crippen molar-refractivity contribution in [3.63, 3.8) is 0 Å². The van der Waals surface area contributed by atoms with Crippen molar-refractivity contribution in [2.75, 3.05) is 38.7 Å². The molecule has 3 aromatic rings. The predicted octanol–water partition coefficient (Wildman–Crippen LogP) is 1.77. The highest BCUT2D eigenvalue weighted by Crippen LogP contribution is 2.21. The van der Waals surface area contributed by atoms with Crippen molar-refractivity contribution < 1.29 is 24.0 Å². The van der Waals surface area contributed by atoms with Crippen molar-refractivity contribution in [1.29, 1.82) is 0 Å². The Labute approximate surface area is 238 Å². The number of nitrogens with one attached hydrogen (secondary N) is 1. The van der Waals surface area contributed by atoms with E-state index in [1.165, 1.54) is 6.20 Å². The van der Waals surface area contributed by atoms with Gasteiger partial charge in [-0.3, -0.25) is 14.5 Å². The molecule has 2 amide bonds. The number of anilines is 1. The Kier molecular flexibility index (Phi) is 9.90. The lowest BCUT2D eigenvalue weighted by Gasteiger charge is -2.40. The molecule has 0 spiro atoms. The van der Waals surface area contributed by atoms with E-state index in [1.54, 1.807) is 4.90 Å². The minimum Gasteiger partial charge on any atom is -0.382 e. The predicted molar refractivity (Wildman–Crippen MR) is 150 cm³/mol. The summed E-state index contributed by atoms with van der Waals surface area (Å²) in [6.07, 6.45) is 3.05. The number of nitrogens with zero attached hydrogens (tertiary/aromatic N) is 6. The highest BCUT2D eigenvalue weighted by Gasteiger charge is 2.31. The normalized spacial score (nSPS) is 16.0. The molecule has 1 unspecified atom stereocenters. The van der Waals surface area contributed by atoms with E-state index in [0.717, 1.165) is 36.2 Å². The fourth-order valence-electron chi connectivity index (χ4n) is 5.22. The van der Waals surface area contributed by atoms with Gasteiger partial charge in [-0.2, -0.15) is 0 Å². The number of halogens is 1. The number of ether oxygens (including phenoxy) is 1. The van der Waals surface area contributed by atoms with Crippen molar-refractivity contribution >= 4 is 40.3 Å². The molecule has 13 heteroatoms. The van der Waals surface area contributed by atoms with Crippen LogP contribution in [0.1, 0.15) is 60.3 Å². The molecule has 1 aromatic carbocycles. The summed E-state index contributed by atoms with van der Waals surface area (Å²) in [4.78, 5) is 38.3. The summed E-state index contributed by atoms with van der Waals surface area (Å²) in [5.41, 5.74) is 8.23. The molecule has 0 aliphatic carbocycles. The zero-order chi connectivity index (χ0) is 28.8. The Morgan fingerprint density at radius 3 is 2.77 bits per heavy atom. The van der Waals surface area contributed by atoms with E-state index < -0.39 is 12.7 Å². The standard InChI is InChI=1S/C27H37ClN8O4/c1-4-7-10-33-11-12-34(16-23(33)40-17-37)27(39)18-8-9-19-20(13-18)36(6-3)22(35(19)5-2)15-31-26(38)24-25(29)30-14-21(28)32-24/h8-9,13-14,23,37H,4-7,10-12,15-17H2,1-3H3,(H2-,29,30,31,38)/p+1. The number of hydrogen-bond donors (Lipinski definition) is 3. The van der Waals surface area contributed by atoms with Gasteiger partial charge in [-0.1, -0.05) is 24.9 Å². The number of nitrogen functional groups attached to an aromatic ring is 1. The third-order valence-corrected chi connectivity index (χ3v) is 7.43. The molecule has 1 atom stereocenters. The molecule has 2 aromatic heterocycles. The van der Waals surface area contributed by atoms with Gasteiger partial charge < -0.3 is 25.8 Å². The maximum Gasteiger partial charge on any atom is 0.277 e. The summed E-state index contributed by atoms with van der Waals surface area (Å²) < 4.78 is 9.76. The Bertz CT molecular complexity index is 1360. The lowest BCUT2D eigenvalue weighted by molar-refractivity contribution is -0.676. The van der Waals surface area contributed by atoms with E-state index in [2.05, 4.69) is 36.2 Å². The topological polar surface area (TPSA) is 143 Å². The van der Waals surface area contributed by atoms with Gasteiger partial charge in [0.25, 0.3) is 17.6 Å². The third kappa shape index (κ3) is 6.20. The first-order valence-corrected chi connectivity index (χ1v) is 14.1. The van der Waals surface area contributed by atoms with Crippen LogP contribution in [0.15, 0.2) is 24.4 Å². The van der Waals surface area contributed by atoms with Gasteiger partial charge in [0.05, 0.1) is 25.8 Å². The van der Waals surface area contributed by atoms with Crippen LogP contribution < -0.4 is 15.6 Å². The van der Waals surface area contributed by atoms with Crippen LogP contribution in [0, 0.1) is 0 Å². The number of imidazole rings is 1. The lowest BCUT2D eigenvalue weighted by atomic mass is 10.1.